The first-order valence-corrected chi connectivity index (χ1v) is 19.4. The van der Waals surface area contributed by atoms with Gasteiger partial charge in [-0.1, -0.05) is 158 Å². The summed E-state index contributed by atoms with van der Waals surface area (Å²) in [5.74, 6) is -0.338. The largest absolute Gasteiger partial charge is 0.394 e. The number of aliphatic hydroxyl groups excluding tert-OH is 3. The van der Waals surface area contributed by atoms with Gasteiger partial charge in [-0.25, -0.2) is 0 Å². The number of nitrogens with one attached hydrogen (secondary N) is 1. The zero-order chi connectivity index (χ0) is 33.8. The van der Waals surface area contributed by atoms with Crippen LogP contribution in [0.1, 0.15) is 181 Å². The van der Waals surface area contributed by atoms with Gasteiger partial charge in [-0.2, -0.15) is 0 Å². The van der Waals surface area contributed by atoms with Crippen LogP contribution < -0.4 is 5.32 Å². The molecule has 4 N–H and O–H groups in total. The van der Waals surface area contributed by atoms with Crippen LogP contribution in [-0.2, 0) is 4.79 Å². The fourth-order valence-electron chi connectivity index (χ4n) is 5.67. The first-order chi connectivity index (χ1) is 22.5. The third-order valence-corrected chi connectivity index (χ3v) is 8.66. The standard InChI is InChI=1S/C41H75NO4/c1-3-5-7-9-11-13-14-15-16-17-18-19-20-21-22-23-24-25-27-28-30-32-34-38(44)36-41(46)42-39(37-43)40(45)35-33-31-29-26-12-10-8-6-4-2/h4,6,12,21-22,26,33,35,38-40,43-45H,3,5,7-11,13-20,23-25,27-32,34,36-37H2,1-2H3,(H,42,46)/b6-4+,22-21-,26-12+,35-33+. The Kier molecular flexibility index (Phi) is 34.8. The van der Waals surface area contributed by atoms with Crippen molar-refractivity contribution >= 4 is 5.91 Å². The summed E-state index contributed by atoms with van der Waals surface area (Å²) in [5, 5.41) is 32.9. The van der Waals surface area contributed by atoms with E-state index in [9.17, 15) is 20.1 Å². The van der Waals surface area contributed by atoms with E-state index in [0.29, 0.717) is 6.42 Å². The third-order valence-electron chi connectivity index (χ3n) is 8.66. The number of hydrogen-bond acceptors (Lipinski definition) is 4. The van der Waals surface area contributed by atoms with Crippen LogP contribution in [0.15, 0.2) is 48.6 Å². The van der Waals surface area contributed by atoms with Crippen molar-refractivity contribution in [2.24, 2.45) is 0 Å². The number of unbranched alkanes of at least 4 members (excludes halogenated alkanes) is 20. The number of hydrogen-bond donors (Lipinski definition) is 4. The van der Waals surface area contributed by atoms with E-state index in [1.54, 1.807) is 6.08 Å². The zero-order valence-corrected chi connectivity index (χ0v) is 30.2. The van der Waals surface area contributed by atoms with Gasteiger partial charge in [0.2, 0.25) is 5.91 Å². The summed E-state index contributed by atoms with van der Waals surface area (Å²) in [6, 6.07) is -0.767. The molecule has 0 heterocycles. The molecule has 0 aromatic heterocycles. The average Bonchev–Trinajstić information content (AvgIpc) is 3.05. The Labute approximate surface area is 285 Å². The SMILES string of the molecule is C/C=C/CC/C=C/CC/C=C/C(O)C(CO)NC(=O)CC(O)CCCCCCCC/C=C\CCCCCCCCCCCCCC. The lowest BCUT2D eigenvalue weighted by Crippen LogP contribution is -2.45. The lowest BCUT2D eigenvalue weighted by molar-refractivity contribution is -0.124. The Morgan fingerprint density at radius 1 is 0.587 bits per heavy atom. The van der Waals surface area contributed by atoms with E-state index in [1.807, 2.05) is 13.0 Å². The van der Waals surface area contributed by atoms with E-state index in [-0.39, 0.29) is 18.9 Å². The van der Waals surface area contributed by atoms with Crippen molar-refractivity contribution in [1.82, 2.24) is 5.32 Å². The van der Waals surface area contributed by atoms with Crippen LogP contribution in [0.3, 0.4) is 0 Å². The molecule has 1 amide bonds. The second-order valence-electron chi connectivity index (χ2n) is 13.2. The monoisotopic (exact) mass is 646 g/mol. The van der Waals surface area contributed by atoms with Crippen LogP contribution in [-0.4, -0.2) is 46.1 Å². The molecular formula is C41H75NO4. The van der Waals surface area contributed by atoms with Gasteiger partial charge in [-0.3, -0.25) is 4.79 Å². The van der Waals surface area contributed by atoms with Gasteiger partial charge in [0, 0.05) is 0 Å². The first kappa shape index (κ1) is 44.3. The molecule has 0 rings (SSSR count). The van der Waals surface area contributed by atoms with Gasteiger partial charge < -0.3 is 20.6 Å². The quantitative estimate of drug-likeness (QED) is 0.0414. The van der Waals surface area contributed by atoms with Crippen molar-refractivity contribution in [2.45, 2.75) is 199 Å². The third kappa shape index (κ3) is 32.3. The molecule has 0 fully saturated rings. The molecule has 0 radical (unpaired) electrons. The summed E-state index contributed by atoms with van der Waals surface area (Å²) in [4.78, 5) is 12.3. The van der Waals surface area contributed by atoms with Crippen LogP contribution in [0.4, 0.5) is 0 Å². The molecule has 46 heavy (non-hydrogen) atoms. The molecular weight excluding hydrogens is 570 g/mol. The molecule has 0 aromatic rings. The highest BCUT2D eigenvalue weighted by molar-refractivity contribution is 5.76. The van der Waals surface area contributed by atoms with Gasteiger partial charge in [-0.15, -0.1) is 0 Å². The summed E-state index contributed by atoms with van der Waals surface area (Å²) >= 11 is 0. The van der Waals surface area contributed by atoms with E-state index >= 15 is 0 Å². The summed E-state index contributed by atoms with van der Waals surface area (Å²) in [5.41, 5.74) is 0. The Bertz CT molecular complexity index is 760. The fraction of sp³-hybridized carbons (Fsp3) is 0.780. The second kappa shape index (κ2) is 36.2. The Hall–Kier alpha value is -1.69. The van der Waals surface area contributed by atoms with Crippen molar-refractivity contribution < 1.29 is 20.1 Å². The molecule has 5 nitrogen and oxygen atoms in total. The van der Waals surface area contributed by atoms with Crippen molar-refractivity contribution in [3.63, 3.8) is 0 Å². The van der Waals surface area contributed by atoms with Gasteiger partial charge in [0.15, 0.2) is 0 Å². The fourth-order valence-corrected chi connectivity index (χ4v) is 5.67. The number of amides is 1. The molecule has 0 aromatic carbocycles. The van der Waals surface area contributed by atoms with Gasteiger partial charge in [0.25, 0.3) is 0 Å². The lowest BCUT2D eigenvalue weighted by atomic mass is 10.0. The molecule has 0 saturated heterocycles. The maximum absolute atomic E-state index is 12.3. The Morgan fingerprint density at radius 3 is 1.52 bits per heavy atom. The molecule has 3 atom stereocenters. The zero-order valence-electron chi connectivity index (χ0n) is 30.2. The van der Waals surface area contributed by atoms with Crippen molar-refractivity contribution in [3.8, 4) is 0 Å². The highest BCUT2D eigenvalue weighted by Gasteiger charge is 2.20. The minimum Gasteiger partial charge on any atom is -0.394 e. The topological polar surface area (TPSA) is 89.8 Å². The highest BCUT2D eigenvalue weighted by Crippen LogP contribution is 2.14. The highest BCUT2D eigenvalue weighted by atomic mass is 16.3. The van der Waals surface area contributed by atoms with Gasteiger partial charge in [0.05, 0.1) is 31.3 Å². The molecule has 268 valence electrons. The van der Waals surface area contributed by atoms with Crippen LogP contribution in [0, 0.1) is 0 Å². The molecule has 0 aliphatic carbocycles. The maximum Gasteiger partial charge on any atom is 0.222 e. The van der Waals surface area contributed by atoms with Gasteiger partial charge in [0.1, 0.15) is 0 Å². The minimum atomic E-state index is -0.959. The van der Waals surface area contributed by atoms with Gasteiger partial charge >= 0.3 is 0 Å². The second-order valence-corrected chi connectivity index (χ2v) is 13.2. The van der Waals surface area contributed by atoms with Crippen LogP contribution in [0.2, 0.25) is 0 Å². The Balaban J connectivity index is 3.66. The van der Waals surface area contributed by atoms with Gasteiger partial charge in [-0.05, 0) is 64.7 Å². The molecule has 0 saturated carbocycles. The van der Waals surface area contributed by atoms with E-state index in [0.717, 1.165) is 38.5 Å². The molecule has 3 unspecified atom stereocenters. The average molecular weight is 646 g/mol. The van der Waals surface area contributed by atoms with Crippen LogP contribution >= 0.6 is 0 Å². The van der Waals surface area contributed by atoms with Crippen molar-refractivity contribution in [1.29, 1.82) is 0 Å². The van der Waals surface area contributed by atoms with E-state index in [2.05, 4.69) is 48.7 Å². The first-order valence-electron chi connectivity index (χ1n) is 19.4. The summed E-state index contributed by atoms with van der Waals surface area (Å²) in [6.45, 7) is 3.95. The van der Waals surface area contributed by atoms with Crippen molar-refractivity contribution in [3.05, 3.63) is 48.6 Å². The predicted molar refractivity (Wildman–Crippen MR) is 199 cm³/mol. The Morgan fingerprint density at radius 2 is 1.02 bits per heavy atom. The van der Waals surface area contributed by atoms with E-state index < -0.39 is 18.2 Å². The van der Waals surface area contributed by atoms with Crippen molar-refractivity contribution in [2.75, 3.05) is 6.61 Å². The summed E-state index contributed by atoms with van der Waals surface area (Å²) in [6.07, 6.45) is 45.6. The number of aliphatic hydroxyl groups is 3. The number of rotatable bonds is 34. The van der Waals surface area contributed by atoms with Crippen LogP contribution in [0.5, 0.6) is 0 Å². The number of allylic oxidation sites excluding steroid dienone is 7. The summed E-state index contributed by atoms with van der Waals surface area (Å²) in [7, 11) is 0. The number of carbonyl (C=O) groups is 1. The molecule has 0 bridgehead atoms. The van der Waals surface area contributed by atoms with Crippen LogP contribution in [0.25, 0.3) is 0 Å². The molecule has 0 aliphatic heterocycles. The molecule has 0 spiro atoms. The van der Waals surface area contributed by atoms with E-state index in [4.69, 9.17) is 0 Å². The maximum atomic E-state index is 12.3. The number of carbonyl (C=O) groups excluding carboxylic acids is 1. The minimum absolute atomic E-state index is 0.00343. The predicted octanol–water partition coefficient (Wildman–Crippen LogP) is 10.6. The smallest absolute Gasteiger partial charge is 0.222 e. The summed E-state index contributed by atoms with van der Waals surface area (Å²) < 4.78 is 0. The lowest BCUT2D eigenvalue weighted by Gasteiger charge is -2.21. The molecule has 5 heteroatoms. The molecule has 0 aliphatic rings. The normalized spacial score (nSPS) is 14.3. The van der Waals surface area contributed by atoms with E-state index in [1.165, 1.54) is 116 Å².